The quantitative estimate of drug-likeness (QED) is 0.496. The lowest BCUT2D eigenvalue weighted by molar-refractivity contribution is 0.215. The molecule has 0 aromatic heterocycles. The third-order valence-corrected chi connectivity index (χ3v) is 4.16. The van der Waals surface area contributed by atoms with Gasteiger partial charge in [-0.2, -0.15) is 0 Å². The van der Waals surface area contributed by atoms with E-state index in [1.54, 1.807) is 48.5 Å². The van der Waals surface area contributed by atoms with Crippen molar-refractivity contribution >= 4 is 29.2 Å². The van der Waals surface area contributed by atoms with Crippen molar-refractivity contribution in [1.82, 2.24) is 0 Å². The van der Waals surface area contributed by atoms with Crippen molar-refractivity contribution in [1.29, 1.82) is 0 Å². The molecule has 0 saturated carbocycles. The number of rotatable bonds is 5. The van der Waals surface area contributed by atoms with Gasteiger partial charge in [-0.3, -0.25) is 5.32 Å². The molecular weight excluding hydrogens is 366 g/mol. The van der Waals surface area contributed by atoms with Gasteiger partial charge in [0.25, 0.3) is 0 Å². The Morgan fingerprint density at radius 2 is 1.34 bits per heavy atom. The van der Waals surface area contributed by atoms with Crippen molar-refractivity contribution in [2.45, 2.75) is 19.8 Å². The summed E-state index contributed by atoms with van der Waals surface area (Å²) in [4.78, 5) is 24.2. The minimum atomic E-state index is -0.608. The van der Waals surface area contributed by atoms with Crippen LogP contribution < -0.4 is 20.7 Å². The van der Waals surface area contributed by atoms with Crippen LogP contribution in [0.1, 0.15) is 25.3 Å². The summed E-state index contributed by atoms with van der Waals surface area (Å²) in [5, 5.41) is 8.17. The van der Waals surface area contributed by atoms with Crippen LogP contribution in [0.15, 0.2) is 78.9 Å². The molecule has 0 aliphatic heterocycles. The summed E-state index contributed by atoms with van der Waals surface area (Å²) in [5.74, 6) is 0.879. The molecule has 0 radical (unpaired) electrons. The highest BCUT2D eigenvalue weighted by atomic mass is 16.6. The average Bonchev–Trinajstić information content (AvgIpc) is 2.69. The minimum Gasteiger partial charge on any atom is -0.410 e. The zero-order chi connectivity index (χ0) is 20.6. The van der Waals surface area contributed by atoms with E-state index >= 15 is 0 Å². The first kappa shape index (κ1) is 19.9. The minimum absolute atomic E-state index is 0.369. The standard InChI is InChI=1S/C23H23N3O3/c1-16(2)17-11-13-18(14-12-17)24-22(27)25-19-7-6-8-20(15-19)26-23(28)29-21-9-4-3-5-10-21/h3-16H,1-2H3,(H,26,28)(H2,24,25,27). The summed E-state index contributed by atoms with van der Waals surface area (Å²) in [6.45, 7) is 4.23. The number of hydrogen-bond donors (Lipinski definition) is 3. The maximum absolute atomic E-state index is 12.2. The highest BCUT2D eigenvalue weighted by molar-refractivity contribution is 6.00. The second kappa shape index (κ2) is 9.41. The Morgan fingerprint density at radius 1 is 0.724 bits per heavy atom. The van der Waals surface area contributed by atoms with Gasteiger partial charge in [0.1, 0.15) is 5.75 Å². The smallest absolute Gasteiger partial charge is 0.410 e. The lowest BCUT2D eigenvalue weighted by atomic mass is 10.0. The van der Waals surface area contributed by atoms with Gasteiger partial charge in [0.05, 0.1) is 0 Å². The third kappa shape index (κ3) is 6.10. The molecule has 148 valence electrons. The fourth-order valence-electron chi connectivity index (χ4n) is 2.66. The summed E-state index contributed by atoms with van der Waals surface area (Å²) in [6, 6.07) is 22.9. The van der Waals surface area contributed by atoms with Crippen molar-refractivity contribution in [3.8, 4) is 5.75 Å². The van der Waals surface area contributed by atoms with E-state index in [1.807, 2.05) is 30.3 Å². The van der Waals surface area contributed by atoms with Gasteiger partial charge >= 0.3 is 12.1 Å². The number of anilines is 3. The van der Waals surface area contributed by atoms with E-state index < -0.39 is 6.09 Å². The van der Waals surface area contributed by atoms with Crippen LogP contribution in [0.2, 0.25) is 0 Å². The van der Waals surface area contributed by atoms with E-state index in [4.69, 9.17) is 4.74 Å². The second-order valence-corrected chi connectivity index (χ2v) is 6.76. The first-order valence-corrected chi connectivity index (χ1v) is 9.31. The molecular formula is C23H23N3O3. The average molecular weight is 389 g/mol. The molecule has 0 spiro atoms. The largest absolute Gasteiger partial charge is 0.417 e. The molecule has 0 atom stereocenters. The van der Waals surface area contributed by atoms with Gasteiger partial charge in [0.2, 0.25) is 0 Å². The highest BCUT2D eigenvalue weighted by Crippen LogP contribution is 2.19. The normalized spacial score (nSPS) is 10.3. The van der Waals surface area contributed by atoms with Gasteiger partial charge in [0.15, 0.2) is 0 Å². The first-order chi connectivity index (χ1) is 14.0. The molecule has 0 unspecified atom stereocenters. The fourth-order valence-corrected chi connectivity index (χ4v) is 2.66. The molecule has 0 heterocycles. The number of benzene rings is 3. The molecule has 3 aromatic rings. The van der Waals surface area contributed by atoms with Crippen LogP contribution in [0.3, 0.4) is 0 Å². The Hall–Kier alpha value is -3.80. The number of carbonyl (C=O) groups excluding carboxylic acids is 2. The summed E-state index contributed by atoms with van der Waals surface area (Å²) >= 11 is 0. The van der Waals surface area contributed by atoms with Gasteiger partial charge in [-0.05, 0) is 53.9 Å². The van der Waals surface area contributed by atoms with E-state index in [0.717, 1.165) is 0 Å². The van der Waals surface area contributed by atoms with Crippen molar-refractivity contribution < 1.29 is 14.3 Å². The Labute approximate surface area is 169 Å². The van der Waals surface area contributed by atoms with Gasteiger partial charge in [0, 0.05) is 17.1 Å². The van der Waals surface area contributed by atoms with Crippen LogP contribution in [0.25, 0.3) is 0 Å². The van der Waals surface area contributed by atoms with Crippen molar-refractivity contribution in [3.63, 3.8) is 0 Å². The lowest BCUT2D eigenvalue weighted by Crippen LogP contribution is -2.20. The van der Waals surface area contributed by atoms with E-state index in [1.165, 1.54) is 5.56 Å². The fraction of sp³-hybridized carbons (Fsp3) is 0.130. The number of carbonyl (C=O) groups is 2. The molecule has 0 fully saturated rings. The first-order valence-electron chi connectivity index (χ1n) is 9.31. The van der Waals surface area contributed by atoms with Gasteiger partial charge in [-0.25, -0.2) is 9.59 Å². The van der Waals surface area contributed by atoms with E-state index in [2.05, 4.69) is 29.8 Å². The van der Waals surface area contributed by atoms with Crippen LogP contribution in [0.5, 0.6) is 5.75 Å². The molecule has 0 aliphatic rings. The number of para-hydroxylation sites is 1. The van der Waals surface area contributed by atoms with E-state index in [9.17, 15) is 9.59 Å². The monoisotopic (exact) mass is 389 g/mol. The molecule has 29 heavy (non-hydrogen) atoms. The Balaban J connectivity index is 1.56. The lowest BCUT2D eigenvalue weighted by Gasteiger charge is -2.11. The van der Waals surface area contributed by atoms with E-state index in [0.29, 0.717) is 28.7 Å². The maximum atomic E-state index is 12.2. The molecule has 3 N–H and O–H groups in total. The van der Waals surface area contributed by atoms with Crippen LogP contribution >= 0.6 is 0 Å². The molecule has 0 aliphatic carbocycles. The zero-order valence-corrected chi connectivity index (χ0v) is 16.3. The molecule has 0 bridgehead atoms. The topological polar surface area (TPSA) is 79.5 Å². The highest BCUT2D eigenvalue weighted by Gasteiger charge is 2.07. The van der Waals surface area contributed by atoms with Gasteiger partial charge in [-0.15, -0.1) is 0 Å². The molecule has 3 rings (SSSR count). The number of amides is 3. The van der Waals surface area contributed by atoms with Crippen LogP contribution in [0.4, 0.5) is 26.7 Å². The third-order valence-electron chi connectivity index (χ3n) is 4.16. The molecule has 0 saturated heterocycles. The Morgan fingerprint density at radius 3 is 2.00 bits per heavy atom. The van der Waals surface area contributed by atoms with Crippen LogP contribution in [0, 0.1) is 0 Å². The molecule has 6 heteroatoms. The summed E-state index contributed by atoms with van der Waals surface area (Å²) in [7, 11) is 0. The summed E-state index contributed by atoms with van der Waals surface area (Å²) in [5.41, 5.74) is 2.95. The maximum Gasteiger partial charge on any atom is 0.417 e. The van der Waals surface area contributed by atoms with Crippen molar-refractivity contribution in [3.05, 3.63) is 84.4 Å². The van der Waals surface area contributed by atoms with Crippen LogP contribution in [-0.4, -0.2) is 12.1 Å². The predicted octanol–water partition coefficient (Wildman–Crippen LogP) is 6.06. The number of nitrogens with one attached hydrogen (secondary N) is 3. The molecule has 3 amide bonds. The zero-order valence-electron chi connectivity index (χ0n) is 16.3. The Bertz CT molecular complexity index is 970. The molecule has 3 aromatic carbocycles. The number of urea groups is 1. The van der Waals surface area contributed by atoms with Crippen molar-refractivity contribution in [2.24, 2.45) is 0 Å². The van der Waals surface area contributed by atoms with Crippen LogP contribution in [-0.2, 0) is 0 Å². The van der Waals surface area contributed by atoms with Gasteiger partial charge < -0.3 is 15.4 Å². The van der Waals surface area contributed by atoms with E-state index in [-0.39, 0.29) is 6.03 Å². The van der Waals surface area contributed by atoms with Gasteiger partial charge in [-0.1, -0.05) is 50.2 Å². The number of ether oxygens (including phenoxy) is 1. The summed E-state index contributed by atoms with van der Waals surface area (Å²) in [6.07, 6.45) is -0.608. The SMILES string of the molecule is CC(C)c1ccc(NC(=O)Nc2cccc(NC(=O)Oc3ccccc3)c2)cc1. The molecule has 6 nitrogen and oxygen atoms in total. The predicted molar refractivity (Wildman–Crippen MR) is 116 cm³/mol. The number of hydrogen-bond acceptors (Lipinski definition) is 3. The summed E-state index contributed by atoms with van der Waals surface area (Å²) < 4.78 is 5.19. The second-order valence-electron chi connectivity index (χ2n) is 6.76. The van der Waals surface area contributed by atoms with Crippen molar-refractivity contribution in [2.75, 3.05) is 16.0 Å². The Kier molecular flexibility index (Phi) is 6.47.